The van der Waals surface area contributed by atoms with E-state index in [0.29, 0.717) is 23.9 Å². The molecule has 0 amide bonds. The molecule has 0 atom stereocenters. The van der Waals surface area contributed by atoms with Crippen LogP contribution in [0.15, 0.2) is 42.5 Å². The Hall–Kier alpha value is -3.37. The molecule has 3 aliphatic rings. The minimum absolute atomic E-state index is 0.132. The van der Waals surface area contributed by atoms with Gasteiger partial charge in [-0.2, -0.15) is 13.2 Å². The second-order valence-electron chi connectivity index (χ2n) is 9.64. The van der Waals surface area contributed by atoms with Gasteiger partial charge < -0.3 is 19.7 Å². The highest BCUT2D eigenvalue weighted by atomic mass is 19.4. The number of halogens is 5. The molecular formula is C25H24F5N3O3. The molecule has 1 aromatic carbocycles. The molecule has 1 aliphatic heterocycles. The van der Waals surface area contributed by atoms with Crippen LogP contribution in [0.2, 0.25) is 0 Å². The van der Waals surface area contributed by atoms with Crippen molar-refractivity contribution in [1.29, 1.82) is 0 Å². The first-order valence-electron chi connectivity index (χ1n) is 11.6. The number of alkyl halides is 5. The highest BCUT2D eigenvalue weighted by Gasteiger charge is 2.65. The number of H-pyrrole nitrogens is 1. The van der Waals surface area contributed by atoms with E-state index in [0.717, 1.165) is 23.7 Å². The molecular weight excluding hydrogens is 485 g/mol. The number of carboxylic acid groups (broad SMARTS) is 1. The smallest absolute Gasteiger partial charge is 0.399 e. The number of hydrogen-bond donors (Lipinski definition) is 2. The van der Waals surface area contributed by atoms with Gasteiger partial charge in [0.1, 0.15) is 11.1 Å². The van der Waals surface area contributed by atoms with E-state index in [-0.39, 0.29) is 37.5 Å². The standard InChI is InChI=1S/C13H14F2N2O3.C12H10F3N/c14-13(15)6-17(7-13)10-4-3-9(12(18)19)16-11(10)20-5-8-1-2-8;13-12(14,15)11(5-6-11)10-7-8-3-1-2-4-9(8)16-10/h3-4,8H,1-2,5-7H2,(H,18,19);1-4,7,16H,5-6H2. The molecule has 6 rings (SSSR count). The van der Waals surface area contributed by atoms with Crippen LogP contribution < -0.4 is 9.64 Å². The molecule has 6 nitrogen and oxygen atoms in total. The van der Waals surface area contributed by atoms with E-state index in [4.69, 9.17) is 9.84 Å². The number of rotatable bonds is 6. The van der Waals surface area contributed by atoms with Crippen molar-refractivity contribution in [2.75, 3.05) is 24.6 Å². The Morgan fingerprint density at radius 3 is 2.39 bits per heavy atom. The summed E-state index contributed by atoms with van der Waals surface area (Å²) in [6.07, 6.45) is -1.59. The summed E-state index contributed by atoms with van der Waals surface area (Å²) in [5.74, 6) is -3.26. The molecule has 0 radical (unpaired) electrons. The van der Waals surface area contributed by atoms with E-state index in [1.165, 1.54) is 17.0 Å². The molecule has 3 fully saturated rings. The first kappa shape index (κ1) is 24.3. The van der Waals surface area contributed by atoms with Crippen molar-refractivity contribution in [3.8, 4) is 5.88 Å². The maximum absolute atomic E-state index is 12.9. The number of aromatic nitrogens is 2. The van der Waals surface area contributed by atoms with Gasteiger partial charge in [-0.15, -0.1) is 0 Å². The van der Waals surface area contributed by atoms with E-state index in [1.54, 1.807) is 12.1 Å². The Balaban J connectivity index is 0.000000152. The van der Waals surface area contributed by atoms with Crippen LogP contribution in [0.4, 0.5) is 27.6 Å². The monoisotopic (exact) mass is 509 g/mol. The summed E-state index contributed by atoms with van der Waals surface area (Å²) in [5, 5.41) is 9.77. The normalized spacial score (nSPS) is 19.8. The van der Waals surface area contributed by atoms with Crippen molar-refractivity contribution in [3.05, 3.63) is 53.9 Å². The van der Waals surface area contributed by atoms with E-state index < -0.39 is 23.5 Å². The van der Waals surface area contributed by atoms with Crippen LogP contribution in [-0.4, -0.2) is 52.8 Å². The number of nitrogens with zero attached hydrogens (tertiary/aromatic N) is 2. The maximum Gasteiger partial charge on any atom is 0.399 e. The zero-order valence-corrected chi connectivity index (χ0v) is 19.1. The predicted octanol–water partition coefficient (Wildman–Crippen LogP) is 5.79. The third kappa shape index (κ3) is 4.83. The summed E-state index contributed by atoms with van der Waals surface area (Å²) in [6, 6.07) is 11.7. The maximum atomic E-state index is 12.9. The molecule has 2 N–H and O–H groups in total. The lowest BCUT2D eigenvalue weighted by molar-refractivity contribution is -0.161. The Bertz CT molecular complexity index is 1240. The molecule has 3 heterocycles. The summed E-state index contributed by atoms with van der Waals surface area (Å²) in [5.41, 5.74) is -0.242. The van der Waals surface area contributed by atoms with Crippen molar-refractivity contribution in [2.24, 2.45) is 5.92 Å². The number of carboxylic acids is 1. The van der Waals surface area contributed by atoms with Gasteiger partial charge in [0.25, 0.3) is 5.92 Å². The van der Waals surface area contributed by atoms with Crippen LogP contribution in [0.5, 0.6) is 5.88 Å². The van der Waals surface area contributed by atoms with Crippen LogP contribution in [0.3, 0.4) is 0 Å². The largest absolute Gasteiger partial charge is 0.477 e. The van der Waals surface area contributed by atoms with Crippen LogP contribution in [-0.2, 0) is 5.41 Å². The SMILES string of the molecule is FC(F)(F)C1(c2cc3ccccc3[nH]2)CC1.O=C(O)c1ccc(N2CC(F)(F)C2)c(OCC2CC2)n1. The number of fused-ring (bicyclic) bond motifs is 1. The number of carbonyl (C=O) groups is 1. The molecule has 1 saturated heterocycles. The van der Waals surface area contributed by atoms with E-state index in [9.17, 15) is 26.7 Å². The number of hydrogen-bond acceptors (Lipinski definition) is 4. The van der Waals surface area contributed by atoms with Gasteiger partial charge in [0, 0.05) is 11.2 Å². The summed E-state index contributed by atoms with van der Waals surface area (Å²) in [6.45, 7) is -0.324. The van der Waals surface area contributed by atoms with Gasteiger partial charge in [-0.05, 0) is 61.3 Å². The fourth-order valence-electron chi connectivity index (χ4n) is 4.22. The Labute approximate surface area is 203 Å². The summed E-state index contributed by atoms with van der Waals surface area (Å²) in [7, 11) is 0. The quantitative estimate of drug-likeness (QED) is 0.412. The molecule has 2 aliphatic carbocycles. The third-order valence-electron chi connectivity index (χ3n) is 6.74. The molecule has 2 aromatic heterocycles. The lowest BCUT2D eigenvalue weighted by atomic mass is 10.0. The molecule has 0 unspecified atom stereocenters. The topological polar surface area (TPSA) is 78.5 Å². The first-order valence-corrected chi connectivity index (χ1v) is 11.6. The number of aromatic carboxylic acids is 1. The average molecular weight is 509 g/mol. The Kier molecular flexibility index (Phi) is 5.83. The van der Waals surface area contributed by atoms with E-state index in [1.807, 2.05) is 18.2 Å². The van der Waals surface area contributed by atoms with E-state index in [2.05, 4.69) is 9.97 Å². The first-order chi connectivity index (χ1) is 17.0. The highest BCUT2D eigenvalue weighted by molar-refractivity contribution is 5.86. The molecule has 2 saturated carbocycles. The summed E-state index contributed by atoms with van der Waals surface area (Å²) < 4.78 is 70.1. The second-order valence-corrected chi connectivity index (χ2v) is 9.64. The number of para-hydroxylation sites is 1. The van der Waals surface area contributed by atoms with Crippen LogP contribution >= 0.6 is 0 Å². The van der Waals surface area contributed by atoms with Gasteiger partial charge in [0.05, 0.1) is 19.7 Å². The molecule has 0 spiro atoms. The Morgan fingerprint density at radius 1 is 1.14 bits per heavy atom. The van der Waals surface area contributed by atoms with E-state index >= 15 is 0 Å². The number of nitrogens with one attached hydrogen (secondary N) is 1. The Morgan fingerprint density at radius 2 is 1.83 bits per heavy atom. The average Bonchev–Trinajstić information content (AvgIpc) is 3.73. The van der Waals surface area contributed by atoms with Crippen LogP contribution in [0, 0.1) is 5.92 Å². The molecule has 36 heavy (non-hydrogen) atoms. The highest BCUT2D eigenvalue weighted by Crippen LogP contribution is 2.58. The van der Waals surface area contributed by atoms with Crippen molar-refractivity contribution in [1.82, 2.24) is 9.97 Å². The van der Waals surface area contributed by atoms with Gasteiger partial charge in [0.2, 0.25) is 5.88 Å². The van der Waals surface area contributed by atoms with Gasteiger partial charge >= 0.3 is 12.1 Å². The molecule has 3 aromatic rings. The molecule has 11 heteroatoms. The fraction of sp³-hybridized carbons (Fsp3) is 0.440. The lowest BCUT2D eigenvalue weighted by Crippen LogP contribution is -2.56. The van der Waals surface area contributed by atoms with Gasteiger partial charge in [-0.25, -0.2) is 18.6 Å². The van der Waals surface area contributed by atoms with Crippen molar-refractivity contribution in [3.63, 3.8) is 0 Å². The summed E-state index contributed by atoms with van der Waals surface area (Å²) in [4.78, 5) is 19.2. The lowest BCUT2D eigenvalue weighted by Gasteiger charge is -2.40. The van der Waals surface area contributed by atoms with Crippen molar-refractivity contribution in [2.45, 2.75) is 43.2 Å². The van der Waals surface area contributed by atoms with Crippen LogP contribution in [0.25, 0.3) is 10.9 Å². The third-order valence-corrected chi connectivity index (χ3v) is 6.74. The van der Waals surface area contributed by atoms with Crippen molar-refractivity contribution < 1.29 is 36.6 Å². The number of aromatic amines is 1. The van der Waals surface area contributed by atoms with Crippen molar-refractivity contribution >= 4 is 22.6 Å². The molecule has 0 bridgehead atoms. The minimum Gasteiger partial charge on any atom is -0.477 e. The van der Waals surface area contributed by atoms with Gasteiger partial charge in [-0.1, -0.05) is 18.2 Å². The van der Waals surface area contributed by atoms with Gasteiger partial charge in [-0.3, -0.25) is 0 Å². The predicted molar refractivity (Wildman–Crippen MR) is 122 cm³/mol. The minimum atomic E-state index is -4.14. The zero-order valence-electron chi connectivity index (χ0n) is 19.1. The second kappa shape index (κ2) is 8.63. The van der Waals surface area contributed by atoms with Gasteiger partial charge in [0.15, 0.2) is 5.69 Å². The zero-order chi connectivity index (χ0) is 25.7. The van der Waals surface area contributed by atoms with Crippen LogP contribution in [0.1, 0.15) is 41.9 Å². The number of benzene rings is 1. The fourth-order valence-corrected chi connectivity index (χ4v) is 4.22. The summed E-state index contributed by atoms with van der Waals surface area (Å²) >= 11 is 0. The number of anilines is 1. The number of pyridine rings is 1. The number of ether oxygens (including phenoxy) is 1. The molecule has 192 valence electrons.